The van der Waals surface area contributed by atoms with Crippen molar-refractivity contribution in [2.75, 3.05) is 12.3 Å². The van der Waals surface area contributed by atoms with Crippen LogP contribution in [0.4, 0.5) is 0 Å². The highest BCUT2D eigenvalue weighted by Crippen LogP contribution is 2.48. The zero-order chi connectivity index (χ0) is 36.2. The predicted molar refractivity (Wildman–Crippen MR) is 212 cm³/mol. The van der Waals surface area contributed by atoms with Crippen LogP contribution in [-0.4, -0.2) is 50.9 Å². The molecule has 1 saturated carbocycles. The number of aliphatic hydroxyl groups is 3. The molecule has 0 aromatic heterocycles. The van der Waals surface area contributed by atoms with Gasteiger partial charge in [0.05, 0.1) is 24.7 Å². The van der Waals surface area contributed by atoms with Crippen LogP contribution in [0.15, 0.2) is 72.8 Å². The third-order valence-corrected chi connectivity index (χ3v) is 14.4. The summed E-state index contributed by atoms with van der Waals surface area (Å²) in [6, 6.07) is 16.8. The third kappa shape index (κ3) is 11.5. The average Bonchev–Trinajstić information content (AvgIpc) is 3.11. The first-order chi connectivity index (χ1) is 24.8. The lowest BCUT2D eigenvalue weighted by molar-refractivity contribution is -0.151. The molecule has 6 nitrogen and oxygen atoms in total. The monoisotopic (exact) mass is 735 g/mol. The molecule has 8 heteroatoms. The number of benzene rings is 2. The topological polar surface area (TPSA) is 124 Å². The minimum atomic E-state index is -0.987. The van der Waals surface area contributed by atoms with Crippen molar-refractivity contribution in [3.05, 3.63) is 95.1 Å². The number of rotatable bonds is 13. The lowest BCUT2D eigenvalue weighted by atomic mass is 9.60. The Balaban J connectivity index is 1.52. The van der Waals surface area contributed by atoms with Crippen LogP contribution in [0.1, 0.15) is 87.0 Å². The maximum atomic E-state index is 12.9. The highest BCUT2D eigenvalue weighted by molar-refractivity contribution is 8.76. The molecule has 280 valence electrons. The Morgan fingerprint density at radius 3 is 2.43 bits per heavy atom. The van der Waals surface area contributed by atoms with Crippen molar-refractivity contribution in [1.82, 2.24) is 0 Å². The Hall–Kier alpha value is -2.07. The molecule has 2 aromatic carbocycles. The molecule has 0 unspecified atom stereocenters. The van der Waals surface area contributed by atoms with E-state index in [4.69, 9.17) is 5.73 Å². The molecule has 1 fully saturated rings. The summed E-state index contributed by atoms with van der Waals surface area (Å²) in [6.45, 7) is 2.10. The van der Waals surface area contributed by atoms with E-state index >= 15 is 0 Å². The van der Waals surface area contributed by atoms with Gasteiger partial charge in [-0.3, -0.25) is 4.79 Å². The summed E-state index contributed by atoms with van der Waals surface area (Å²) in [4.78, 5) is 12.9. The fraction of sp³-hybridized carbons (Fsp3) is 0.605. The van der Waals surface area contributed by atoms with Crippen LogP contribution in [0.5, 0.6) is 0 Å². The first-order valence-corrected chi connectivity index (χ1v) is 21.9. The van der Waals surface area contributed by atoms with Crippen LogP contribution in [0.25, 0.3) is 0 Å². The zero-order valence-corrected chi connectivity index (χ0v) is 32.0. The van der Waals surface area contributed by atoms with Gasteiger partial charge in [0, 0.05) is 11.5 Å². The van der Waals surface area contributed by atoms with E-state index in [0.717, 1.165) is 49.2 Å². The fourth-order valence-corrected chi connectivity index (χ4v) is 12.0. The van der Waals surface area contributed by atoms with Gasteiger partial charge in [-0.05, 0) is 116 Å². The molecule has 6 N–H and O–H groups in total. The van der Waals surface area contributed by atoms with Crippen LogP contribution in [-0.2, 0) is 30.0 Å². The Morgan fingerprint density at radius 2 is 1.71 bits per heavy atom. The van der Waals surface area contributed by atoms with E-state index in [1.54, 1.807) is 6.92 Å². The summed E-state index contributed by atoms with van der Waals surface area (Å²) in [5.41, 5.74) is 11.0. The number of hydrogen-bond acceptors (Lipinski definition) is 7. The average molecular weight is 736 g/mol. The number of nitrogens with two attached hydrogens (primary N) is 1. The number of fused-ring (bicyclic) bond motifs is 7. The van der Waals surface area contributed by atoms with Gasteiger partial charge in [0.15, 0.2) is 0 Å². The summed E-state index contributed by atoms with van der Waals surface area (Å²) in [5, 5.41) is 42.6. The van der Waals surface area contributed by atoms with Crippen LogP contribution in [0.2, 0.25) is 0 Å². The number of hydrogen-bond donors (Lipinski definition) is 5. The minimum Gasteiger partial charge on any atom is -0.481 e. The molecule has 2 aromatic rings. The predicted octanol–water partition coefficient (Wildman–Crippen LogP) is 8.22. The molecule has 0 amide bonds. The van der Waals surface area contributed by atoms with Crippen LogP contribution in [0.3, 0.4) is 0 Å². The Labute approximate surface area is 314 Å². The van der Waals surface area contributed by atoms with E-state index < -0.39 is 24.1 Å². The molecular formula is C43H61NO5S2. The van der Waals surface area contributed by atoms with Gasteiger partial charge in [-0.1, -0.05) is 127 Å². The summed E-state index contributed by atoms with van der Waals surface area (Å²) in [7, 11) is 3.83. The van der Waals surface area contributed by atoms with Gasteiger partial charge < -0.3 is 26.2 Å². The molecular weight excluding hydrogens is 675 g/mol. The molecule has 6 rings (SSSR count). The van der Waals surface area contributed by atoms with Crippen molar-refractivity contribution in [3.63, 3.8) is 0 Å². The second kappa shape index (κ2) is 20.4. The van der Waals surface area contributed by atoms with E-state index in [9.17, 15) is 25.2 Å². The molecule has 2 heterocycles. The number of aliphatic carboxylic acids is 1. The van der Waals surface area contributed by atoms with Gasteiger partial charge in [0.2, 0.25) is 0 Å². The quantitative estimate of drug-likeness (QED) is 0.103. The second-order valence-electron chi connectivity index (χ2n) is 15.6. The first kappa shape index (κ1) is 40.1. The number of carbonyl (C=O) groups is 1. The van der Waals surface area contributed by atoms with Gasteiger partial charge in [-0.2, -0.15) is 0 Å². The summed E-state index contributed by atoms with van der Waals surface area (Å²) in [5.74, 6) is 1.00. The molecule has 2 bridgehead atoms. The van der Waals surface area contributed by atoms with E-state index in [-0.39, 0.29) is 36.2 Å². The third-order valence-electron chi connectivity index (χ3n) is 12.0. The largest absolute Gasteiger partial charge is 0.481 e. The highest BCUT2D eigenvalue weighted by atomic mass is 33.1. The molecule has 2 aliphatic heterocycles. The lowest BCUT2D eigenvalue weighted by Gasteiger charge is -2.45. The van der Waals surface area contributed by atoms with Crippen LogP contribution >= 0.6 is 21.6 Å². The van der Waals surface area contributed by atoms with Gasteiger partial charge in [0.25, 0.3) is 0 Å². The normalized spacial score (nSPS) is 28.2. The molecule has 0 radical (unpaired) electrons. The fourth-order valence-electron chi connectivity index (χ4n) is 9.44. The zero-order valence-electron chi connectivity index (χ0n) is 30.4. The molecule has 2 aliphatic carbocycles. The van der Waals surface area contributed by atoms with Crippen molar-refractivity contribution < 1.29 is 25.2 Å². The summed E-state index contributed by atoms with van der Waals surface area (Å²) in [6.07, 6.45) is 18.6. The Morgan fingerprint density at radius 1 is 0.961 bits per heavy atom. The van der Waals surface area contributed by atoms with Crippen molar-refractivity contribution in [3.8, 4) is 0 Å². The van der Waals surface area contributed by atoms with Crippen molar-refractivity contribution in [1.29, 1.82) is 0 Å². The lowest BCUT2D eigenvalue weighted by Crippen LogP contribution is -2.46. The highest BCUT2D eigenvalue weighted by Gasteiger charge is 2.46. The smallest absolute Gasteiger partial charge is 0.309 e. The van der Waals surface area contributed by atoms with E-state index in [2.05, 4.69) is 54.6 Å². The van der Waals surface area contributed by atoms with Gasteiger partial charge in [0.1, 0.15) is 0 Å². The molecule has 51 heavy (non-hydrogen) atoms. The molecule has 9 atom stereocenters. The first-order valence-electron chi connectivity index (χ1n) is 19.4. The van der Waals surface area contributed by atoms with Gasteiger partial charge in [-0.25, -0.2) is 0 Å². The van der Waals surface area contributed by atoms with Crippen molar-refractivity contribution in [2.45, 2.75) is 102 Å². The van der Waals surface area contributed by atoms with Crippen LogP contribution in [0, 0.1) is 47.3 Å². The second-order valence-corrected chi connectivity index (χ2v) is 18.1. The maximum Gasteiger partial charge on any atom is 0.309 e. The number of allylic oxidation sites excluding steroid dienone is 3. The van der Waals surface area contributed by atoms with Crippen molar-refractivity contribution >= 4 is 27.6 Å². The minimum absolute atomic E-state index is 0.0117. The number of carboxylic acids is 1. The van der Waals surface area contributed by atoms with Crippen molar-refractivity contribution in [2.24, 2.45) is 53.1 Å². The van der Waals surface area contributed by atoms with Crippen LogP contribution < -0.4 is 5.73 Å². The molecule has 0 spiro atoms. The van der Waals surface area contributed by atoms with E-state index in [1.807, 2.05) is 39.8 Å². The Kier molecular flexibility index (Phi) is 16.1. The number of aliphatic hydroxyl groups excluding tert-OH is 3. The maximum absolute atomic E-state index is 12.9. The number of carboxylic acid groups (broad SMARTS) is 1. The Bertz CT molecular complexity index is 1420. The molecule has 0 saturated heterocycles. The summed E-state index contributed by atoms with van der Waals surface area (Å²) >= 11 is 0. The van der Waals surface area contributed by atoms with Gasteiger partial charge in [-0.15, -0.1) is 0 Å². The van der Waals surface area contributed by atoms with E-state index in [0.29, 0.717) is 24.8 Å². The molecule has 4 aliphatic rings. The van der Waals surface area contributed by atoms with Gasteiger partial charge >= 0.3 is 5.97 Å². The summed E-state index contributed by atoms with van der Waals surface area (Å²) < 4.78 is 0. The SMILES string of the molecule is C[C@H](O)[C@H](C(=O)O)[C@H]1[C@@H](CCN)[C@H]2C=C[C@@H]1Cc1ccccc1CSSC[C@H](Cc1cccc(CO)c1)[C@H](CC=C[C@H](O)CC1CCCCC1)C2. The standard InChI is InChI=1S/C43H61NO5S2/c1-29(46)41(43(48)49)42-36-18-17-35(40(42)19-20-44)24-34(15-8-16-39(47)23-30-9-3-2-4-10-30)38(22-31-11-7-12-32(21-31)26-45)28-51-50-27-37-14-6-5-13-33(37)25-36/h5-8,11-14,16-18,21,29-30,34-36,38-42,45-47H,2-4,9-10,15,19-20,22-28,44H2,1H3,(H,48,49)/t29-,34+,35-,36+,38-,39-,40-,41-,42+/m0/s1. The van der Waals surface area contributed by atoms with E-state index in [1.165, 1.54) is 48.8 Å².